The van der Waals surface area contributed by atoms with E-state index < -0.39 is 5.97 Å². The molecule has 0 aliphatic carbocycles. The van der Waals surface area contributed by atoms with Crippen molar-refractivity contribution in [3.8, 4) is 0 Å². The highest BCUT2D eigenvalue weighted by Crippen LogP contribution is 2.20. The molecule has 1 aliphatic rings. The van der Waals surface area contributed by atoms with E-state index in [1.807, 2.05) is 6.92 Å². The maximum Gasteiger partial charge on any atom is 0.304 e. The molecule has 4 heteroatoms. The van der Waals surface area contributed by atoms with Crippen LogP contribution in [0.5, 0.6) is 0 Å². The van der Waals surface area contributed by atoms with Crippen LogP contribution in [0.4, 0.5) is 0 Å². The highest BCUT2D eigenvalue weighted by Gasteiger charge is 2.25. The first-order valence-corrected chi connectivity index (χ1v) is 7.78. The predicted octanol–water partition coefficient (Wildman–Crippen LogP) is 2.44. The summed E-state index contributed by atoms with van der Waals surface area (Å²) in [5.41, 5.74) is 0. The molecule has 2 atom stereocenters. The largest absolute Gasteiger partial charge is 0.481 e. The fourth-order valence-electron chi connectivity index (χ4n) is 3.31. The van der Waals surface area contributed by atoms with E-state index in [0.717, 1.165) is 13.1 Å². The van der Waals surface area contributed by atoms with Crippen molar-refractivity contribution in [1.29, 1.82) is 0 Å². The SMILES string of the molecule is CCCN1CCCC(N(CC)C(C)CC(=O)O)CC1. The zero-order chi connectivity index (χ0) is 14.3. The molecule has 0 aromatic heterocycles. The van der Waals surface area contributed by atoms with E-state index in [-0.39, 0.29) is 12.5 Å². The lowest BCUT2D eigenvalue weighted by Gasteiger charge is -2.34. The topological polar surface area (TPSA) is 43.8 Å². The van der Waals surface area contributed by atoms with Crippen LogP contribution in [0, 0.1) is 0 Å². The Morgan fingerprint density at radius 1 is 1.37 bits per heavy atom. The molecular formula is C15H30N2O2. The second-order valence-corrected chi connectivity index (χ2v) is 5.70. The predicted molar refractivity (Wildman–Crippen MR) is 78.5 cm³/mol. The van der Waals surface area contributed by atoms with Gasteiger partial charge in [0.1, 0.15) is 0 Å². The van der Waals surface area contributed by atoms with Crippen molar-refractivity contribution in [1.82, 2.24) is 9.80 Å². The minimum absolute atomic E-state index is 0.144. The van der Waals surface area contributed by atoms with Crippen LogP contribution < -0.4 is 0 Å². The molecule has 0 aromatic rings. The lowest BCUT2D eigenvalue weighted by atomic mass is 10.0. The molecule has 0 bridgehead atoms. The summed E-state index contributed by atoms with van der Waals surface area (Å²) in [6, 6.07) is 0.700. The van der Waals surface area contributed by atoms with E-state index in [0.29, 0.717) is 6.04 Å². The van der Waals surface area contributed by atoms with Crippen molar-refractivity contribution in [3.05, 3.63) is 0 Å². The molecule has 1 aliphatic heterocycles. The van der Waals surface area contributed by atoms with Crippen LogP contribution >= 0.6 is 0 Å². The van der Waals surface area contributed by atoms with Crippen LogP contribution in [-0.2, 0) is 4.79 Å². The zero-order valence-corrected chi connectivity index (χ0v) is 12.8. The van der Waals surface area contributed by atoms with E-state index in [9.17, 15) is 4.79 Å². The van der Waals surface area contributed by atoms with Crippen LogP contribution in [0.25, 0.3) is 0 Å². The average molecular weight is 270 g/mol. The summed E-state index contributed by atoms with van der Waals surface area (Å²) in [7, 11) is 0. The average Bonchev–Trinajstić information content (AvgIpc) is 2.56. The fourth-order valence-corrected chi connectivity index (χ4v) is 3.31. The summed E-state index contributed by atoms with van der Waals surface area (Å²) in [6.45, 7) is 10.9. The minimum atomic E-state index is -0.688. The number of carboxylic acid groups (broad SMARTS) is 1. The molecular weight excluding hydrogens is 240 g/mol. The van der Waals surface area contributed by atoms with Gasteiger partial charge in [0.05, 0.1) is 6.42 Å². The number of carbonyl (C=O) groups is 1. The third-order valence-corrected chi connectivity index (χ3v) is 4.20. The molecule has 112 valence electrons. The first kappa shape index (κ1) is 16.4. The van der Waals surface area contributed by atoms with Gasteiger partial charge in [-0.05, 0) is 58.8 Å². The highest BCUT2D eigenvalue weighted by molar-refractivity contribution is 5.67. The molecule has 2 unspecified atom stereocenters. The van der Waals surface area contributed by atoms with E-state index in [4.69, 9.17) is 5.11 Å². The molecule has 1 N–H and O–H groups in total. The Kier molecular flexibility index (Phi) is 7.39. The van der Waals surface area contributed by atoms with Crippen molar-refractivity contribution in [2.75, 3.05) is 26.2 Å². The summed E-state index contributed by atoms with van der Waals surface area (Å²) >= 11 is 0. The van der Waals surface area contributed by atoms with E-state index in [1.54, 1.807) is 0 Å². The third-order valence-electron chi connectivity index (χ3n) is 4.20. The Bertz CT molecular complexity index is 271. The Labute approximate surface area is 117 Å². The van der Waals surface area contributed by atoms with E-state index in [1.165, 1.54) is 38.8 Å². The number of hydrogen-bond donors (Lipinski definition) is 1. The second kappa shape index (κ2) is 8.54. The lowest BCUT2D eigenvalue weighted by molar-refractivity contribution is -0.138. The molecule has 1 heterocycles. The van der Waals surface area contributed by atoms with Gasteiger partial charge in [-0.2, -0.15) is 0 Å². The maximum absolute atomic E-state index is 10.9. The first-order valence-electron chi connectivity index (χ1n) is 7.78. The van der Waals surface area contributed by atoms with Crippen LogP contribution in [0.3, 0.4) is 0 Å². The van der Waals surface area contributed by atoms with Gasteiger partial charge in [0.15, 0.2) is 0 Å². The Hall–Kier alpha value is -0.610. The number of aliphatic carboxylic acids is 1. The minimum Gasteiger partial charge on any atom is -0.481 e. The van der Waals surface area contributed by atoms with Crippen molar-refractivity contribution >= 4 is 5.97 Å². The summed E-state index contributed by atoms with van der Waals surface area (Å²) < 4.78 is 0. The van der Waals surface area contributed by atoms with Crippen LogP contribution in [-0.4, -0.2) is 59.1 Å². The van der Waals surface area contributed by atoms with Crippen molar-refractivity contribution < 1.29 is 9.90 Å². The maximum atomic E-state index is 10.9. The van der Waals surface area contributed by atoms with Gasteiger partial charge >= 0.3 is 5.97 Å². The molecule has 0 amide bonds. The van der Waals surface area contributed by atoms with Crippen molar-refractivity contribution in [2.24, 2.45) is 0 Å². The Morgan fingerprint density at radius 2 is 2.11 bits per heavy atom. The normalized spacial score (nSPS) is 23.3. The van der Waals surface area contributed by atoms with E-state index in [2.05, 4.69) is 23.6 Å². The Morgan fingerprint density at radius 3 is 2.68 bits per heavy atom. The monoisotopic (exact) mass is 270 g/mol. The quantitative estimate of drug-likeness (QED) is 0.771. The number of likely N-dealkylation sites (tertiary alicyclic amines) is 1. The van der Waals surface area contributed by atoms with Gasteiger partial charge in [0.2, 0.25) is 0 Å². The van der Waals surface area contributed by atoms with Crippen molar-refractivity contribution in [2.45, 2.75) is 65.0 Å². The molecule has 0 aromatic carbocycles. The fraction of sp³-hybridized carbons (Fsp3) is 0.933. The van der Waals surface area contributed by atoms with E-state index >= 15 is 0 Å². The van der Waals surface area contributed by atoms with Crippen LogP contribution in [0.1, 0.15) is 52.9 Å². The van der Waals surface area contributed by atoms with Gasteiger partial charge in [-0.15, -0.1) is 0 Å². The summed E-state index contributed by atoms with van der Waals surface area (Å²) in [5.74, 6) is -0.688. The van der Waals surface area contributed by atoms with Gasteiger partial charge in [0, 0.05) is 12.1 Å². The molecule has 0 spiro atoms. The van der Waals surface area contributed by atoms with Crippen molar-refractivity contribution in [3.63, 3.8) is 0 Å². The third kappa shape index (κ3) is 5.49. The molecule has 0 saturated carbocycles. The van der Waals surface area contributed by atoms with Gasteiger partial charge in [-0.1, -0.05) is 13.8 Å². The molecule has 19 heavy (non-hydrogen) atoms. The number of nitrogens with zero attached hydrogens (tertiary/aromatic N) is 2. The van der Waals surface area contributed by atoms with Gasteiger partial charge in [0.25, 0.3) is 0 Å². The number of carboxylic acids is 1. The number of hydrogen-bond acceptors (Lipinski definition) is 3. The molecule has 0 radical (unpaired) electrons. The summed E-state index contributed by atoms with van der Waals surface area (Å²) in [4.78, 5) is 15.8. The molecule has 1 rings (SSSR count). The molecule has 1 fully saturated rings. The molecule has 4 nitrogen and oxygen atoms in total. The summed E-state index contributed by atoms with van der Waals surface area (Å²) in [6.07, 6.45) is 5.09. The zero-order valence-electron chi connectivity index (χ0n) is 12.8. The molecule has 1 saturated heterocycles. The first-order chi connectivity index (χ1) is 9.08. The Balaban J connectivity index is 2.53. The van der Waals surface area contributed by atoms with Gasteiger partial charge < -0.3 is 10.0 Å². The number of rotatable bonds is 7. The lowest BCUT2D eigenvalue weighted by Crippen LogP contribution is -2.43. The van der Waals surface area contributed by atoms with Gasteiger partial charge in [-0.3, -0.25) is 9.69 Å². The van der Waals surface area contributed by atoms with Gasteiger partial charge in [-0.25, -0.2) is 0 Å². The standard InChI is InChI=1S/C15H30N2O2/c1-4-9-16-10-6-7-14(8-11-16)17(5-2)13(3)12-15(18)19/h13-14H,4-12H2,1-3H3,(H,18,19). The van der Waals surface area contributed by atoms with Crippen LogP contribution in [0.2, 0.25) is 0 Å². The highest BCUT2D eigenvalue weighted by atomic mass is 16.4. The van der Waals surface area contributed by atoms with Crippen LogP contribution in [0.15, 0.2) is 0 Å². The smallest absolute Gasteiger partial charge is 0.304 e. The second-order valence-electron chi connectivity index (χ2n) is 5.70. The summed E-state index contributed by atoms with van der Waals surface area (Å²) in [5, 5.41) is 8.96.